The Morgan fingerprint density at radius 3 is 2.44 bits per heavy atom. The lowest BCUT2D eigenvalue weighted by atomic mass is 10.0. The number of hydrogen-bond donors (Lipinski definition) is 2. The Bertz CT molecular complexity index is 1490. The van der Waals surface area contributed by atoms with Crippen molar-refractivity contribution in [3.05, 3.63) is 83.9 Å². The lowest BCUT2D eigenvalue weighted by Crippen LogP contribution is -2.48. The number of anilines is 2. The molecule has 3 aromatic carbocycles. The highest BCUT2D eigenvalue weighted by molar-refractivity contribution is 5.92. The van der Waals surface area contributed by atoms with Gasteiger partial charge in [0.1, 0.15) is 42.9 Å². The van der Waals surface area contributed by atoms with E-state index in [2.05, 4.69) is 5.32 Å². The summed E-state index contributed by atoms with van der Waals surface area (Å²) >= 11 is 0. The number of hydrogen-bond acceptors (Lipinski definition) is 5. The van der Waals surface area contributed by atoms with Crippen LogP contribution < -0.4 is 19.7 Å². The van der Waals surface area contributed by atoms with Crippen molar-refractivity contribution in [3.63, 3.8) is 0 Å². The van der Waals surface area contributed by atoms with E-state index in [-0.39, 0.29) is 30.2 Å². The standard InChI is InChI=1S/C33H36N4O6/c1-41-30-21-27(43-26-15-19-36(20-16-26)32(39)34-24-8-3-2-4-9-24)11-12-28(30)31(38)35-17-13-25(14-18-35)37-29-10-6-5-7-23(29)22-42-33(37)40/h2-12,21,25-26H,13-20,22H2,1H3,(H,34,39)/p+1. The molecule has 0 unspecified atom stereocenters. The molecule has 3 heterocycles. The van der Waals surface area contributed by atoms with E-state index in [0.29, 0.717) is 75.5 Å². The van der Waals surface area contributed by atoms with Gasteiger partial charge in [0.2, 0.25) is 0 Å². The zero-order valence-corrected chi connectivity index (χ0v) is 24.3. The molecule has 0 aromatic heterocycles. The number of carbonyl (C=O) groups excluding carboxylic acids is 2. The van der Waals surface area contributed by atoms with Crippen molar-refractivity contribution in [2.24, 2.45) is 0 Å². The number of benzene rings is 3. The van der Waals surface area contributed by atoms with Crippen LogP contribution in [0.25, 0.3) is 0 Å². The molecule has 0 aliphatic carbocycles. The van der Waals surface area contributed by atoms with Crippen LogP contribution in [0.1, 0.15) is 36.8 Å². The van der Waals surface area contributed by atoms with Gasteiger partial charge in [-0.05, 0) is 30.3 Å². The molecule has 6 rings (SSSR count). The Kier molecular flexibility index (Phi) is 8.35. The molecule has 10 nitrogen and oxygen atoms in total. The number of para-hydroxylation sites is 2. The van der Waals surface area contributed by atoms with Gasteiger partial charge in [-0.15, -0.1) is 0 Å². The highest BCUT2D eigenvalue weighted by Gasteiger charge is 2.36. The smallest absolute Gasteiger partial charge is 0.414 e. The highest BCUT2D eigenvalue weighted by atomic mass is 16.6. The van der Waals surface area contributed by atoms with Crippen molar-refractivity contribution in [1.29, 1.82) is 0 Å². The Morgan fingerprint density at radius 1 is 0.977 bits per heavy atom. The van der Waals surface area contributed by atoms with E-state index in [1.54, 1.807) is 23.0 Å². The quantitative estimate of drug-likeness (QED) is 0.296. The number of nitrogens with zero attached hydrogens (tertiary/aromatic N) is 3. The van der Waals surface area contributed by atoms with Crippen molar-refractivity contribution in [1.82, 2.24) is 4.90 Å². The molecule has 43 heavy (non-hydrogen) atoms. The number of fused-ring (bicyclic) bond motifs is 1. The zero-order valence-electron chi connectivity index (χ0n) is 24.3. The van der Waals surface area contributed by atoms with Gasteiger partial charge in [-0.25, -0.2) is 9.59 Å². The Hall–Kier alpha value is -4.73. The van der Waals surface area contributed by atoms with Crippen LogP contribution in [0.15, 0.2) is 72.8 Å². The third-order valence-corrected chi connectivity index (χ3v) is 8.40. The number of amides is 3. The van der Waals surface area contributed by atoms with Crippen LogP contribution in [-0.2, 0) is 11.3 Å². The van der Waals surface area contributed by atoms with Crippen molar-refractivity contribution in [3.8, 4) is 11.5 Å². The molecule has 2 N–H and O–H groups in total. The molecular weight excluding hydrogens is 548 g/mol. The molecule has 3 amide bonds. The van der Waals surface area contributed by atoms with Gasteiger partial charge in [0.05, 0.1) is 18.8 Å². The summed E-state index contributed by atoms with van der Waals surface area (Å²) in [4.78, 5) is 28.8. The third-order valence-electron chi connectivity index (χ3n) is 8.40. The number of methoxy groups -OCH3 is 1. The van der Waals surface area contributed by atoms with Crippen molar-refractivity contribution < 1.29 is 33.5 Å². The molecule has 0 atom stereocenters. The minimum Gasteiger partial charge on any atom is -0.496 e. The van der Waals surface area contributed by atoms with Crippen LogP contribution in [0.2, 0.25) is 0 Å². The Morgan fingerprint density at radius 2 is 1.70 bits per heavy atom. The monoisotopic (exact) mass is 585 g/mol. The first-order valence-electron chi connectivity index (χ1n) is 14.8. The van der Waals surface area contributed by atoms with Crippen LogP contribution in [0, 0.1) is 0 Å². The molecule has 3 aliphatic rings. The van der Waals surface area contributed by atoms with Gasteiger partial charge in [0.25, 0.3) is 0 Å². The average Bonchev–Trinajstić information content (AvgIpc) is 3.05. The van der Waals surface area contributed by atoms with Crippen LogP contribution in [-0.4, -0.2) is 78.0 Å². The van der Waals surface area contributed by atoms with Gasteiger partial charge in [-0.3, -0.25) is 4.90 Å². The van der Waals surface area contributed by atoms with Crippen LogP contribution >= 0.6 is 0 Å². The molecule has 0 radical (unpaired) electrons. The summed E-state index contributed by atoms with van der Waals surface area (Å²) in [7, 11) is 1.57. The van der Waals surface area contributed by atoms with E-state index in [0.717, 1.165) is 16.9 Å². The topological polar surface area (TPSA) is 104 Å². The molecule has 224 valence electrons. The third kappa shape index (κ3) is 6.23. The molecule has 0 spiro atoms. The molecule has 10 heteroatoms. The first-order chi connectivity index (χ1) is 21.0. The zero-order chi connectivity index (χ0) is 29.8. The minimum absolute atomic E-state index is 0.00787. The molecular formula is C33H37N4O6+. The molecule has 3 aliphatic heterocycles. The normalized spacial score (nSPS) is 18.9. The van der Waals surface area contributed by atoms with Gasteiger partial charge in [0.15, 0.2) is 0 Å². The van der Waals surface area contributed by atoms with E-state index in [1.165, 1.54) is 0 Å². The van der Waals surface area contributed by atoms with E-state index in [4.69, 9.17) is 14.2 Å². The van der Waals surface area contributed by atoms with Gasteiger partial charge >= 0.3 is 18.0 Å². The average molecular weight is 586 g/mol. The van der Waals surface area contributed by atoms with Gasteiger partial charge < -0.3 is 29.5 Å². The summed E-state index contributed by atoms with van der Waals surface area (Å²) < 4.78 is 19.2. The summed E-state index contributed by atoms with van der Waals surface area (Å²) in [6, 6.07) is 22.6. The second kappa shape index (κ2) is 12.6. The molecule has 0 bridgehead atoms. The minimum atomic E-state index is -0.316. The fraction of sp³-hybridized carbons (Fsp3) is 0.364. The molecule has 3 aromatic rings. The number of cyclic esters (lactones) is 1. The second-order valence-corrected chi connectivity index (χ2v) is 11.1. The lowest BCUT2D eigenvalue weighted by molar-refractivity contribution is -0.544. The number of nitrogens with one attached hydrogen (secondary N) is 1. The lowest BCUT2D eigenvalue weighted by Gasteiger charge is -2.36. The van der Waals surface area contributed by atoms with E-state index < -0.39 is 0 Å². The van der Waals surface area contributed by atoms with Gasteiger partial charge in [-0.2, -0.15) is 4.58 Å². The maximum Gasteiger partial charge on any atom is 0.414 e. The largest absolute Gasteiger partial charge is 0.496 e. The van der Waals surface area contributed by atoms with Crippen molar-refractivity contribution >= 4 is 29.4 Å². The predicted octanol–water partition coefficient (Wildman–Crippen LogP) is 5.41. The second-order valence-electron chi connectivity index (χ2n) is 11.1. The number of aliphatic hydroxyl groups is 1. The fourth-order valence-electron chi connectivity index (χ4n) is 6.05. The number of aliphatic hydroxyl groups excluding tert-OH is 1. The molecule has 2 saturated heterocycles. The number of carbonyl (C=O) groups is 2. The predicted molar refractivity (Wildman–Crippen MR) is 163 cm³/mol. The first-order valence-corrected chi connectivity index (χ1v) is 14.8. The highest BCUT2D eigenvalue weighted by Crippen LogP contribution is 2.32. The number of piperidine rings is 2. The number of urea groups is 1. The summed E-state index contributed by atoms with van der Waals surface area (Å²) in [5, 5.41) is 14.2. The van der Waals surface area contributed by atoms with E-state index in [9.17, 15) is 14.7 Å². The van der Waals surface area contributed by atoms with Crippen LogP contribution in [0.4, 0.5) is 21.0 Å². The Labute approximate surface area is 251 Å². The van der Waals surface area contributed by atoms with E-state index in [1.807, 2.05) is 71.3 Å². The van der Waals surface area contributed by atoms with Crippen molar-refractivity contribution in [2.45, 2.75) is 44.4 Å². The summed E-state index contributed by atoms with van der Waals surface area (Å²) in [6.07, 6.45) is 2.47. The SMILES string of the molecule is COc1cc(OC2CCN(C(=O)Nc3ccccc3)CC2)ccc1C(O)=[N+]1CCC(N2C(=O)OCc3ccccc32)CC1. The van der Waals surface area contributed by atoms with E-state index >= 15 is 0 Å². The summed E-state index contributed by atoms with van der Waals surface area (Å²) in [5.74, 6) is 1.31. The Balaban J connectivity index is 1.06. The van der Waals surface area contributed by atoms with Crippen LogP contribution in [0.5, 0.6) is 11.5 Å². The fourth-order valence-corrected chi connectivity index (χ4v) is 6.05. The maximum atomic E-state index is 12.7. The summed E-state index contributed by atoms with van der Waals surface area (Å²) in [6.45, 7) is 2.66. The maximum absolute atomic E-state index is 12.7. The first kappa shape index (κ1) is 28.4. The number of rotatable bonds is 6. The molecule has 2 fully saturated rings. The van der Waals surface area contributed by atoms with Crippen molar-refractivity contribution in [2.75, 3.05) is 43.5 Å². The van der Waals surface area contributed by atoms with Gasteiger partial charge in [0, 0.05) is 56.1 Å². The van der Waals surface area contributed by atoms with Crippen LogP contribution in [0.3, 0.4) is 0 Å². The summed E-state index contributed by atoms with van der Waals surface area (Å²) in [5.41, 5.74) is 3.28. The van der Waals surface area contributed by atoms with Gasteiger partial charge in [-0.1, -0.05) is 36.4 Å². The number of ether oxygens (including phenoxy) is 3. The number of likely N-dealkylation sites (tertiary alicyclic amines) is 1. The molecule has 0 saturated carbocycles.